The highest BCUT2D eigenvalue weighted by atomic mass is 19.4. The lowest BCUT2D eigenvalue weighted by Gasteiger charge is -2.12. The number of nitrogens with one attached hydrogen (secondary N) is 1. The Morgan fingerprint density at radius 3 is 2.37 bits per heavy atom. The third-order valence-electron chi connectivity index (χ3n) is 2.76. The molecule has 1 aromatic heterocycles. The monoisotopic (exact) mass is 269 g/mol. The lowest BCUT2D eigenvalue weighted by atomic mass is 10.2. The summed E-state index contributed by atoms with van der Waals surface area (Å²) in [6.07, 6.45) is -3.19. The van der Waals surface area contributed by atoms with Gasteiger partial charge in [0.25, 0.3) is 0 Å². The summed E-state index contributed by atoms with van der Waals surface area (Å²) in [7, 11) is 1.60. The molecular formula is C13H14F3N3. The van der Waals surface area contributed by atoms with Crippen molar-refractivity contribution in [1.82, 2.24) is 15.1 Å². The van der Waals surface area contributed by atoms with E-state index < -0.39 is 11.9 Å². The predicted octanol–water partition coefficient (Wildman–Crippen LogP) is 2.92. The van der Waals surface area contributed by atoms with Crippen molar-refractivity contribution < 1.29 is 13.2 Å². The largest absolute Gasteiger partial charge is 0.433 e. The third kappa shape index (κ3) is 2.78. The second-order valence-corrected chi connectivity index (χ2v) is 4.29. The molecule has 2 rings (SSSR count). The van der Waals surface area contributed by atoms with Crippen LogP contribution in [0.25, 0.3) is 5.69 Å². The Balaban J connectivity index is 2.54. The molecule has 0 bridgehead atoms. The van der Waals surface area contributed by atoms with Gasteiger partial charge in [0.05, 0.1) is 11.9 Å². The molecule has 0 saturated carbocycles. The quantitative estimate of drug-likeness (QED) is 0.928. The van der Waals surface area contributed by atoms with Gasteiger partial charge in [-0.2, -0.15) is 18.3 Å². The van der Waals surface area contributed by atoms with Crippen LogP contribution in [0, 0.1) is 6.92 Å². The Morgan fingerprint density at radius 2 is 1.84 bits per heavy atom. The van der Waals surface area contributed by atoms with Gasteiger partial charge < -0.3 is 5.32 Å². The van der Waals surface area contributed by atoms with Crippen molar-refractivity contribution in [2.24, 2.45) is 0 Å². The maximum atomic E-state index is 13.1. The Morgan fingerprint density at radius 1 is 1.21 bits per heavy atom. The van der Waals surface area contributed by atoms with Crippen molar-refractivity contribution in [2.75, 3.05) is 7.05 Å². The number of alkyl halides is 3. The fourth-order valence-electron chi connectivity index (χ4n) is 1.89. The number of halogens is 3. The van der Waals surface area contributed by atoms with Crippen molar-refractivity contribution >= 4 is 0 Å². The number of rotatable bonds is 3. The first kappa shape index (κ1) is 13.6. The van der Waals surface area contributed by atoms with Crippen LogP contribution in [0.2, 0.25) is 0 Å². The van der Waals surface area contributed by atoms with Gasteiger partial charge in [-0.25, -0.2) is 4.68 Å². The van der Waals surface area contributed by atoms with E-state index in [0.717, 1.165) is 10.2 Å². The summed E-state index contributed by atoms with van der Waals surface area (Å²) in [6.45, 7) is 2.00. The molecule has 0 amide bonds. The van der Waals surface area contributed by atoms with E-state index in [9.17, 15) is 13.2 Å². The fraction of sp³-hybridized carbons (Fsp3) is 0.308. The predicted molar refractivity (Wildman–Crippen MR) is 66.1 cm³/mol. The highest BCUT2D eigenvalue weighted by molar-refractivity contribution is 5.38. The summed E-state index contributed by atoms with van der Waals surface area (Å²) in [5.74, 6) is 0. The minimum atomic E-state index is -4.44. The first-order valence-electron chi connectivity index (χ1n) is 5.79. The van der Waals surface area contributed by atoms with Gasteiger partial charge in [0.15, 0.2) is 5.69 Å². The summed E-state index contributed by atoms with van der Waals surface area (Å²) < 4.78 is 40.4. The van der Waals surface area contributed by atoms with E-state index in [1.165, 1.54) is 6.20 Å². The standard InChI is InChI=1S/C13H14F3N3/c1-9-3-5-11(6-4-9)19-12(13(14,15)16)10(7-17-2)8-18-19/h3-6,8,17H,7H2,1-2H3. The van der Waals surface area contributed by atoms with Crippen LogP contribution in [-0.4, -0.2) is 16.8 Å². The number of aryl methyl sites for hydroxylation is 1. The van der Waals surface area contributed by atoms with E-state index in [1.54, 1.807) is 31.3 Å². The zero-order valence-electron chi connectivity index (χ0n) is 10.6. The van der Waals surface area contributed by atoms with Gasteiger partial charge in [-0.15, -0.1) is 0 Å². The number of hydrogen-bond acceptors (Lipinski definition) is 2. The van der Waals surface area contributed by atoms with E-state index >= 15 is 0 Å². The van der Waals surface area contributed by atoms with Crippen molar-refractivity contribution in [3.8, 4) is 5.69 Å². The van der Waals surface area contributed by atoms with Gasteiger partial charge in [-0.1, -0.05) is 17.7 Å². The van der Waals surface area contributed by atoms with Crippen LogP contribution in [0.15, 0.2) is 30.5 Å². The summed E-state index contributed by atoms with van der Waals surface area (Å²) >= 11 is 0. The molecule has 0 saturated heterocycles. The average molecular weight is 269 g/mol. The highest BCUT2D eigenvalue weighted by Gasteiger charge is 2.38. The maximum Gasteiger partial charge on any atom is 0.433 e. The van der Waals surface area contributed by atoms with Gasteiger partial charge in [-0.3, -0.25) is 0 Å². The van der Waals surface area contributed by atoms with Crippen molar-refractivity contribution in [1.29, 1.82) is 0 Å². The van der Waals surface area contributed by atoms with Crippen molar-refractivity contribution in [3.63, 3.8) is 0 Å². The average Bonchev–Trinajstić information content (AvgIpc) is 2.74. The van der Waals surface area contributed by atoms with Crippen molar-refractivity contribution in [2.45, 2.75) is 19.6 Å². The third-order valence-corrected chi connectivity index (χ3v) is 2.76. The molecule has 2 aromatic rings. The number of hydrogen-bond donors (Lipinski definition) is 1. The number of nitrogens with zero attached hydrogens (tertiary/aromatic N) is 2. The molecule has 0 aliphatic heterocycles. The molecule has 1 N–H and O–H groups in total. The van der Waals surface area contributed by atoms with Gasteiger partial charge in [0.2, 0.25) is 0 Å². The lowest BCUT2D eigenvalue weighted by molar-refractivity contribution is -0.143. The summed E-state index contributed by atoms with van der Waals surface area (Å²) in [6, 6.07) is 6.77. The molecule has 0 aliphatic rings. The van der Waals surface area contributed by atoms with Gasteiger partial charge in [0.1, 0.15) is 0 Å². The molecule has 1 aromatic carbocycles. The van der Waals surface area contributed by atoms with Crippen LogP contribution in [-0.2, 0) is 12.7 Å². The molecule has 6 heteroatoms. The smallest absolute Gasteiger partial charge is 0.316 e. The number of benzene rings is 1. The lowest BCUT2D eigenvalue weighted by Crippen LogP contribution is -2.17. The van der Waals surface area contributed by atoms with Gasteiger partial charge >= 0.3 is 6.18 Å². The minimum absolute atomic E-state index is 0.126. The van der Waals surface area contributed by atoms with Gasteiger partial charge in [0, 0.05) is 12.1 Å². The Labute approximate surface area is 109 Å². The zero-order valence-corrected chi connectivity index (χ0v) is 10.6. The van der Waals surface area contributed by atoms with Crippen LogP contribution >= 0.6 is 0 Å². The molecule has 3 nitrogen and oxygen atoms in total. The zero-order chi connectivity index (χ0) is 14.0. The molecule has 1 heterocycles. The SMILES string of the molecule is CNCc1cnn(-c2ccc(C)cc2)c1C(F)(F)F. The normalized spacial score (nSPS) is 11.8. The molecule has 0 spiro atoms. The van der Waals surface area contributed by atoms with Crippen LogP contribution in [0.1, 0.15) is 16.8 Å². The second kappa shape index (κ2) is 5.05. The number of aromatic nitrogens is 2. The molecule has 102 valence electrons. The van der Waals surface area contributed by atoms with Crippen LogP contribution < -0.4 is 5.32 Å². The van der Waals surface area contributed by atoms with E-state index in [2.05, 4.69) is 10.4 Å². The fourth-order valence-corrected chi connectivity index (χ4v) is 1.89. The Hall–Kier alpha value is -1.82. The molecular weight excluding hydrogens is 255 g/mol. The van der Waals surface area contributed by atoms with E-state index in [0.29, 0.717) is 5.69 Å². The summed E-state index contributed by atoms with van der Waals surface area (Å²) in [4.78, 5) is 0. The highest BCUT2D eigenvalue weighted by Crippen LogP contribution is 2.33. The summed E-state index contributed by atoms with van der Waals surface area (Å²) in [5, 5.41) is 6.57. The molecule has 0 fully saturated rings. The maximum absolute atomic E-state index is 13.1. The molecule has 0 atom stereocenters. The topological polar surface area (TPSA) is 29.9 Å². The van der Waals surface area contributed by atoms with Crippen LogP contribution in [0.3, 0.4) is 0 Å². The van der Waals surface area contributed by atoms with E-state index in [4.69, 9.17) is 0 Å². The molecule has 0 radical (unpaired) electrons. The van der Waals surface area contributed by atoms with E-state index in [1.807, 2.05) is 6.92 Å². The second-order valence-electron chi connectivity index (χ2n) is 4.29. The molecule has 0 aliphatic carbocycles. The first-order valence-corrected chi connectivity index (χ1v) is 5.79. The van der Waals surface area contributed by atoms with E-state index in [-0.39, 0.29) is 12.1 Å². The molecule has 19 heavy (non-hydrogen) atoms. The minimum Gasteiger partial charge on any atom is -0.316 e. The molecule has 0 unspecified atom stereocenters. The van der Waals surface area contributed by atoms with Crippen LogP contribution in [0.4, 0.5) is 13.2 Å². The Kier molecular flexibility index (Phi) is 3.61. The van der Waals surface area contributed by atoms with Crippen molar-refractivity contribution in [3.05, 3.63) is 47.3 Å². The first-order chi connectivity index (χ1) is 8.93. The Bertz CT molecular complexity index is 556. The summed E-state index contributed by atoms with van der Waals surface area (Å²) in [5.41, 5.74) is 0.793. The van der Waals surface area contributed by atoms with Gasteiger partial charge in [-0.05, 0) is 26.1 Å². The van der Waals surface area contributed by atoms with Crippen LogP contribution in [0.5, 0.6) is 0 Å².